The lowest BCUT2D eigenvalue weighted by atomic mass is 10.2. The summed E-state index contributed by atoms with van der Waals surface area (Å²) in [7, 11) is -1.63. The molecule has 1 amide bonds. The SMILES string of the molecule is CCOc1cc(/C=C/C(=O)OCC(=O)N(CC)C2CCS(=O)(=O)C2)cc(Cl)c1OC. The minimum Gasteiger partial charge on any atom is -0.491 e. The summed E-state index contributed by atoms with van der Waals surface area (Å²) in [4.78, 5) is 25.8. The number of methoxy groups -OCH3 is 1. The molecule has 1 aliphatic heterocycles. The van der Waals surface area contributed by atoms with E-state index in [-0.39, 0.29) is 17.5 Å². The molecule has 0 aliphatic carbocycles. The number of halogens is 1. The van der Waals surface area contributed by atoms with E-state index in [1.807, 2.05) is 6.92 Å². The summed E-state index contributed by atoms with van der Waals surface area (Å²) in [6.45, 7) is 3.89. The van der Waals surface area contributed by atoms with E-state index < -0.39 is 28.3 Å². The highest BCUT2D eigenvalue weighted by Gasteiger charge is 2.34. The van der Waals surface area contributed by atoms with Crippen LogP contribution in [0.15, 0.2) is 18.2 Å². The van der Waals surface area contributed by atoms with Gasteiger partial charge in [0.1, 0.15) is 0 Å². The van der Waals surface area contributed by atoms with Crippen molar-refractivity contribution in [2.45, 2.75) is 26.3 Å². The van der Waals surface area contributed by atoms with Gasteiger partial charge < -0.3 is 19.1 Å². The highest BCUT2D eigenvalue weighted by Crippen LogP contribution is 2.36. The largest absolute Gasteiger partial charge is 0.491 e. The minimum atomic E-state index is -3.11. The third-order valence-electron chi connectivity index (χ3n) is 4.60. The predicted molar refractivity (Wildman–Crippen MR) is 114 cm³/mol. The van der Waals surface area contributed by atoms with Gasteiger partial charge >= 0.3 is 5.97 Å². The van der Waals surface area contributed by atoms with Gasteiger partial charge in [-0.05, 0) is 44.0 Å². The maximum absolute atomic E-state index is 12.4. The number of carbonyl (C=O) groups excluding carboxylic acids is 2. The maximum atomic E-state index is 12.4. The minimum absolute atomic E-state index is 0.0547. The van der Waals surface area contributed by atoms with Crippen molar-refractivity contribution in [1.82, 2.24) is 4.90 Å². The van der Waals surface area contributed by atoms with E-state index >= 15 is 0 Å². The second-order valence-electron chi connectivity index (χ2n) is 6.64. The lowest BCUT2D eigenvalue weighted by Crippen LogP contribution is -2.43. The molecule has 2 rings (SSSR count). The van der Waals surface area contributed by atoms with Crippen molar-refractivity contribution in [3.05, 3.63) is 28.8 Å². The van der Waals surface area contributed by atoms with Gasteiger partial charge in [0, 0.05) is 18.7 Å². The second-order valence-corrected chi connectivity index (χ2v) is 9.28. The molecule has 1 atom stereocenters. The fourth-order valence-corrected chi connectivity index (χ4v) is 5.26. The molecule has 1 heterocycles. The number of likely N-dealkylation sites (N-methyl/N-ethyl adjacent to an activating group) is 1. The Balaban J connectivity index is 1.97. The number of amides is 1. The molecule has 0 bridgehead atoms. The van der Waals surface area contributed by atoms with Crippen LogP contribution in [0.25, 0.3) is 6.08 Å². The Morgan fingerprint density at radius 2 is 2.03 bits per heavy atom. The Morgan fingerprint density at radius 1 is 1.30 bits per heavy atom. The van der Waals surface area contributed by atoms with E-state index in [0.717, 1.165) is 0 Å². The summed E-state index contributed by atoms with van der Waals surface area (Å²) in [6.07, 6.45) is 3.06. The van der Waals surface area contributed by atoms with Crippen molar-refractivity contribution in [2.75, 3.05) is 38.4 Å². The first-order valence-corrected chi connectivity index (χ1v) is 11.8. The molecular formula is C20H26ClNO7S. The van der Waals surface area contributed by atoms with E-state index in [9.17, 15) is 18.0 Å². The quantitative estimate of drug-likeness (QED) is 0.412. The third kappa shape index (κ3) is 6.37. The van der Waals surface area contributed by atoms with E-state index in [0.29, 0.717) is 41.7 Å². The van der Waals surface area contributed by atoms with Crippen molar-refractivity contribution in [3.63, 3.8) is 0 Å². The summed E-state index contributed by atoms with van der Waals surface area (Å²) < 4.78 is 39.0. The number of ether oxygens (including phenoxy) is 3. The molecule has 1 fully saturated rings. The zero-order chi connectivity index (χ0) is 22.3. The summed E-state index contributed by atoms with van der Waals surface area (Å²) in [6, 6.07) is 2.90. The van der Waals surface area contributed by atoms with Crippen LogP contribution in [-0.2, 0) is 24.2 Å². The molecule has 0 radical (unpaired) electrons. The summed E-state index contributed by atoms with van der Waals surface area (Å²) in [5, 5.41) is 0.330. The van der Waals surface area contributed by atoms with Crippen LogP contribution in [0.4, 0.5) is 0 Å². The molecule has 0 saturated carbocycles. The van der Waals surface area contributed by atoms with Gasteiger partial charge in [-0.25, -0.2) is 13.2 Å². The Labute approximate surface area is 181 Å². The molecule has 1 aromatic rings. The molecule has 1 unspecified atom stereocenters. The molecule has 1 saturated heterocycles. The molecule has 30 heavy (non-hydrogen) atoms. The maximum Gasteiger partial charge on any atom is 0.331 e. The van der Waals surface area contributed by atoms with Gasteiger partial charge in [-0.2, -0.15) is 0 Å². The monoisotopic (exact) mass is 459 g/mol. The van der Waals surface area contributed by atoms with Gasteiger partial charge in [0.2, 0.25) is 0 Å². The zero-order valence-electron chi connectivity index (χ0n) is 17.2. The van der Waals surface area contributed by atoms with Crippen molar-refractivity contribution in [3.8, 4) is 11.5 Å². The lowest BCUT2D eigenvalue weighted by molar-refractivity contribution is -0.149. The number of sulfone groups is 1. The van der Waals surface area contributed by atoms with E-state index in [1.165, 1.54) is 24.2 Å². The Bertz CT molecular complexity index is 914. The average Bonchev–Trinajstić information content (AvgIpc) is 3.04. The number of esters is 1. The summed E-state index contributed by atoms with van der Waals surface area (Å²) in [5.74, 6) is -0.270. The molecule has 166 valence electrons. The first-order valence-electron chi connectivity index (χ1n) is 9.55. The number of hydrogen-bond donors (Lipinski definition) is 0. The molecule has 0 spiro atoms. The fourth-order valence-electron chi connectivity index (χ4n) is 3.23. The van der Waals surface area contributed by atoms with Gasteiger partial charge in [0.15, 0.2) is 27.9 Å². The summed E-state index contributed by atoms with van der Waals surface area (Å²) in [5.41, 5.74) is 0.596. The van der Waals surface area contributed by atoms with Crippen molar-refractivity contribution in [1.29, 1.82) is 0 Å². The van der Waals surface area contributed by atoms with Crippen LogP contribution in [0.5, 0.6) is 11.5 Å². The van der Waals surface area contributed by atoms with Crippen LogP contribution in [0.3, 0.4) is 0 Å². The average molecular weight is 460 g/mol. The Hall–Kier alpha value is -2.26. The van der Waals surface area contributed by atoms with Crippen molar-refractivity contribution in [2.24, 2.45) is 0 Å². The Kier molecular flexibility index (Phi) is 8.54. The summed E-state index contributed by atoms with van der Waals surface area (Å²) >= 11 is 6.17. The van der Waals surface area contributed by atoms with Gasteiger partial charge in [-0.1, -0.05) is 11.6 Å². The first-order chi connectivity index (χ1) is 14.2. The third-order valence-corrected chi connectivity index (χ3v) is 6.63. The van der Waals surface area contributed by atoms with Crippen LogP contribution < -0.4 is 9.47 Å². The van der Waals surface area contributed by atoms with Gasteiger partial charge in [0.25, 0.3) is 5.91 Å². The molecule has 8 nitrogen and oxygen atoms in total. The molecule has 10 heteroatoms. The number of rotatable bonds is 9. The van der Waals surface area contributed by atoms with Gasteiger partial charge in [0.05, 0.1) is 30.2 Å². The van der Waals surface area contributed by atoms with E-state index in [1.54, 1.807) is 19.1 Å². The highest BCUT2D eigenvalue weighted by atomic mass is 35.5. The normalized spacial score (nSPS) is 17.7. The second kappa shape index (κ2) is 10.7. The molecule has 1 aliphatic rings. The van der Waals surface area contributed by atoms with Gasteiger partial charge in [-0.3, -0.25) is 4.79 Å². The Morgan fingerprint density at radius 3 is 2.60 bits per heavy atom. The van der Waals surface area contributed by atoms with E-state index in [2.05, 4.69) is 0 Å². The topological polar surface area (TPSA) is 99.2 Å². The highest BCUT2D eigenvalue weighted by molar-refractivity contribution is 7.91. The zero-order valence-corrected chi connectivity index (χ0v) is 18.8. The van der Waals surface area contributed by atoms with Crippen molar-refractivity contribution < 1.29 is 32.2 Å². The number of benzene rings is 1. The van der Waals surface area contributed by atoms with Crippen LogP contribution in [0.2, 0.25) is 5.02 Å². The van der Waals surface area contributed by atoms with Crippen molar-refractivity contribution >= 4 is 39.4 Å². The van der Waals surface area contributed by atoms with Crippen LogP contribution in [0.1, 0.15) is 25.8 Å². The fraction of sp³-hybridized carbons (Fsp3) is 0.500. The smallest absolute Gasteiger partial charge is 0.331 e. The first kappa shape index (κ1) is 24.0. The number of carbonyl (C=O) groups is 2. The van der Waals surface area contributed by atoms with Gasteiger partial charge in [-0.15, -0.1) is 0 Å². The van der Waals surface area contributed by atoms with Crippen LogP contribution in [-0.4, -0.2) is 69.6 Å². The van der Waals surface area contributed by atoms with Crippen LogP contribution >= 0.6 is 11.6 Å². The number of hydrogen-bond acceptors (Lipinski definition) is 7. The molecule has 0 N–H and O–H groups in total. The standard InChI is InChI=1S/C20H26ClNO7S/c1-4-22(15-8-9-30(25,26)13-15)18(23)12-29-19(24)7-6-14-10-16(21)20(27-3)17(11-14)28-5-2/h6-7,10-11,15H,4-5,8-9,12-13H2,1-3H3/b7-6+. The van der Waals surface area contributed by atoms with E-state index in [4.69, 9.17) is 25.8 Å². The predicted octanol–water partition coefficient (Wildman–Crippen LogP) is 2.34. The number of nitrogens with zero attached hydrogens (tertiary/aromatic N) is 1. The molecule has 0 aromatic heterocycles. The van der Waals surface area contributed by atoms with Crippen LogP contribution in [0, 0.1) is 0 Å². The molecule has 1 aromatic carbocycles. The molecular weight excluding hydrogens is 434 g/mol. The lowest BCUT2D eigenvalue weighted by Gasteiger charge is -2.26.